The molecule has 0 saturated carbocycles. The van der Waals surface area contributed by atoms with Gasteiger partial charge in [-0.15, -0.1) is 0 Å². The monoisotopic (exact) mass is 515 g/mol. The Kier molecular flexibility index (Phi) is 8.28. The highest BCUT2D eigenvalue weighted by Gasteiger charge is 2.29. The molecule has 2 aromatic carbocycles. The summed E-state index contributed by atoms with van der Waals surface area (Å²) < 4.78 is 26.5. The molecule has 0 spiro atoms. The number of nitrogens with one attached hydrogen (secondary N) is 1. The predicted octanol–water partition coefficient (Wildman–Crippen LogP) is 3.03. The number of sulfonamides is 1. The van der Waals surface area contributed by atoms with Crippen molar-refractivity contribution >= 4 is 55.1 Å². The smallest absolute Gasteiger partial charge is 0.244 e. The molecule has 1 N–H and O–H groups in total. The molecule has 0 aliphatic heterocycles. The molecule has 2 aromatic rings. The molecule has 0 aliphatic rings. The summed E-state index contributed by atoms with van der Waals surface area (Å²) in [6.45, 7) is 1.28. The Balaban J connectivity index is 2.36. The van der Waals surface area contributed by atoms with Crippen molar-refractivity contribution in [3.63, 3.8) is 0 Å². The molecule has 0 aromatic heterocycles. The first kappa shape index (κ1) is 24.2. The fourth-order valence-electron chi connectivity index (χ4n) is 2.82. The van der Waals surface area contributed by atoms with Crippen LogP contribution in [-0.4, -0.2) is 51.0 Å². The quantitative estimate of drug-likeness (QED) is 0.584. The Morgan fingerprint density at radius 1 is 1.17 bits per heavy atom. The van der Waals surface area contributed by atoms with E-state index in [2.05, 4.69) is 21.2 Å². The molecule has 2 amide bonds. The van der Waals surface area contributed by atoms with Crippen LogP contribution >= 0.6 is 27.5 Å². The van der Waals surface area contributed by atoms with Crippen LogP contribution in [0.5, 0.6) is 0 Å². The summed E-state index contributed by atoms with van der Waals surface area (Å²) in [6.07, 6.45) is 1.03. The Morgan fingerprint density at radius 3 is 2.33 bits per heavy atom. The van der Waals surface area contributed by atoms with E-state index in [1.807, 2.05) is 0 Å². The second-order valence-electron chi connectivity index (χ2n) is 6.69. The van der Waals surface area contributed by atoms with Crippen molar-refractivity contribution in [1.29, 1.82) is 0 Å². The number of halogens is 2. The average molecular weight is 517 g/mol. The lowest BCUT2D eigenvalue weighted by Gasteiger charge is -2.31. The van der Waals surface area contributed by atoms with E-state index in [4.69, 9.17) is 11.6 Å². The first-order valence-electron chi connectivity index (χ1n) is 9.01. The summed E-state index contributed by atoms with van der Waals surface area (Å²) in [5.74, 6) is -0.864. The Hall–Kier alpha value is -2.10. The number of rotatable bonds is 8. The summed E-state index contributed by atoms with van der Waals surface area (Å²) in [4.78, 5) is 26.8. The maximum Gasteiger partial charge on any atom is 0.244 e. The van der Waals surface area contributed by atoms with Crippen LogP contribution in [-0.2, 0) is 26.2 Å². The maximum absolute atomic E-state index is 13.2. The second-order valence-corrected chi connectivity index (χ2v) is 9.95. The zero-order chi connectivity index (χ0) is 22.5. The van der Waals surface area contributed by atoms with E-state index in [1.165, 1.54) is 11.9 Å². The molecule has 1 atom stereocenters. The average Bonchev–Trinajstić information content (AvgIpc) is 2.69. The topological polar surface area (TPSA) is 86.8 Å². The van der Waals surface area contributed by atoms with Crippen molar-refractivity contribution in [2.24, 2.45) is 0 Å². The summed E-state index contributed by atoms with van der Waals surface area (Å²) >= 11 is 9.24. The fraction of sp³-hybridized carbons (Fsp3) is 0.300. The third-order valence-electron chi connectivity index (χ3n) is 4.46. The van der Waals surface area contributed by atoms with Gasteiger partial charge in [0.2, 0.25) is 21.8 Å². The van der Waals surface area contributed by atoms with E-state index >= 15 is 0 Å². The summed E-state index contributed by atoms with van der Waals surface area (Å²) in [7, 11) is -2.27. The van der Waals surface area contributed by atoms with Gasteiger partial charge in [-0.3, -0.25) is 13.9 Å². The first-order valence-corrected chi connectivity index (χ1v) is 12.0. The van der Waals surface area contributed by atoms with Gasteiger partial charge in [-0.1, -0.05) is 45.7 Å². The van der Waals surface area contributed by atoms with Crippen molar-refractivity contribution in [3.05, 3.63) is 63.6 Å². The molecular weight excluding hydrogens is 494 g/mol. The van der Waals surface area contributed by atoms with Gasteiger partial charge in [-0.25, -0.2) is 8.42 Å². The van der Waals surface area contributed by atoms with Gasteiger partial charge in [0, 0.05) is 23.1 Å². The van der Waals surface area contributed by atoms with Crippen LogP contribution in [0.1, 0.15) is 12.5 Å². The number of hydrogen-bond donors (Lipinski definition) is 1. The molecule has 7 nitrogen and oxygen atoms in total. The van der Waals surface area contributed by atoms with Crippen molar-refractivity contribution in [2.45, 2.75) is 19.5 Å². The highest BCUT2D eigenvalue weighted by molar-refractivity contribution is 9.10. The van der Waals surface area contributed by atoms with Crippen LogP contribution in [0.2, 0.25) is 5.02 Å². The van der Waals surface area contributed by atoms with E-state index in [9.17, 15) is 18.0 Å². The lowest BCUT2D eigenvalue weighted by Crippen LogP contribution is -2.50. The first-order chi connectivity index (χ1) is 14.0. The van der Waals surface area contributed by atoms with Crippen molar-refractivity contribution in [2.75, 3.05) is 24.2 Å². The molecular formula is C20H23BrClN3O4S. The van der Waals surface area contributed by atoms with Crippen molar-refractivity contribution in [3.8, 4) is 0 Å². The molecule has 0 bridgehead atoms. The molecule has 30 heavy (non-hydrogen) atoms. The van der Waals surface area contributed by atoms with E-state index in [0.717, 1.165) is 16.1 Å². The van der Waals surface area contributed by atoms with Gasteiger partial charge in [0.05, 0.1) is 11.9 Å². The third kappa shape index (κ3) is 6.45. The minimum Gasteiger partial charge on any atom is -0.357 e. The standard InChI is InChI=1S/C20H23BrClN3O4S/c1-14(20(27)23-2)24(12-15-7-9-17(22)10-8-15)19(26)13-25(30(3,28)29)18-6-4-5-16(21)11-18/h4-11,14H,12-13H2,1-3H3,(H,23,27). The van der Waals surface area contributed by atoms with Crippen LogP contribution in [0.25, 0.3) is 0 Å². The van der Waals surface area contributed by atoms with Gasteiger partial charge in [0.25, 0.3) is 0 Å². The number of likely N-dealkylation sites (N-methyl/N-ethyl adjacent to an activating group) is 1. The molecule has 2 rings (SSSR count). The van der Waals surface area contributed by atoms with Crippen LogP contribution in [0.4, 0.5) is 5.69 Å². The normalized spacial score (nSPS) is 12.2. The minimum absolute atomic E-state index is 0.126. The number of amides is 2. The molecule has 1 unspecified atom stereocenters. The number of hydrogen-bond acceptors (Lipinski definition) is 4. The Labute approximate surface area is 190 Å². The van der Waals surface area contributed by atoms with E-state index in [1.54, 1.807) is 55.5 Å². The number of benzene rings is 2. The maximum atomic E-state index is 13.2. The van der Waals surface area contributed by atoms with Crippen molar-refractivity contribution < 1.29 is 18.0 Å². The molecule has 0 fully saturated rings. The minimum atomic E-state index is -3.75. The van der Waals surface area contributed by atoms with Crippen LogP contribution in [0.15, 0.2) is 53.0 Å². The molecule has 162 valence electrons. The zero-order valence-electron chi connectivity index (χ0n) is 16.8. The highest BCUT2D eigenvalue weighted by Crippen LogP contribution is 2.23. The van der Waals surface area contributed by atoms with Crippen molar-refractivity contribution in [1.82, 2.24) is 10.2 Å². The number of carbonyl (C=O) groups is 2. The SMILES string of the molecule is CNC(=O)C(C)N(Cc1ccc(Cl)cc1)C(=O)CN(c1cccc(Br)c1)S(C)(=O)=O. The van der Waals surface area contributed by atoms with Gasteiger partial charge >= 0.3 is 0 Å². The van der Waals surface area contributed by atoms with Gasteiger partial charge < -0.3 is 10.2 Å². The molecule has 0 aliphatic carbocycles. The lowest BCUT2D eigenvalue weighted by atomic mass is 10.1. The summed E-state index contributed by atoms with van der Waals surface area (Å²) in [6, 6.07) is 12.7. The molecule has 10 heteroatoms. The van der Waals surface area contributed by atoms with E-state index in [-0.39, 0.29) is 12.5 Å². The van der Waals surface area contributed by atoms with Crippen LogP contribution in [0, 0.1) is 0 Å². The molecule has 0 radical (unpaired) electrons. The van der Waals surface area contributed by atoms with Crippen LogP contribution in [0.3, 0.4) is 0 Å². The highest BCUT2D eigenvalue weighted by atomic mass is 79.9. The lowest BCUT2D eigenvalue weighted by molar-refractivity contribution is -0.139. The Bertz CT molecular complexity index is 1010. The number of carbonyl (C=O) groups excluding carboxylic acids is 2. The molecule has 0 saturated heterocycles. The third-order valence-corrected chi connectivity index (χ3v) is 6.34. The van der Waals surface area contributed by atoms with E-state index in [0.29, 0.717) is 15.2 Å². The zero-order valence-corrected chi connectivity index (χ0v) is 20.0. The number of nitrogens with zero attached hydrogens (tertiary/aromatic N) is 2. The predicted molar refractivity (Wildman–Crippen MR) is 122 cm³/mol. The second kappa shape index (κ2) is 10.3. The largest absolute Gasteiger partial charge is 0.357 e. The van der Waals surface area contributed by atoms with Gasteiger partial charge in [0.15, 0.2) is 0 Å². The number of anilines is 1. The Morgan fingerprint density at radius 2 is 1.80 bits per heavy atom. The summed E-state index contributed by atoms with van der Waals surface area (Å²) in [5.41, 5.74) is 1.11. The van der Waals surface area contributed by atoms with Crippen LogP contribution < -0.4 is 9.62 Å². The molecule has 0 heterocycles. The summed E-state index contributed by atoms with van der Waals surface area (Å²) in [5, 5.41) is 3.08. The van der Waals surface area contributed by atoms with Gasteiger partial charge in [-0.05, 0) is 42.8 Å². The van der Waals surface area contributed by atoms with E-state index < -0.39 is 28.5 Å². The fourth-order valence-corrected chi connectivity index (χ4v) is 4.18. The van der Waals surface area contributed by atoms with Gasteiger partial charge in [0.1, 0.15) is 12.6 Å². The van der Waals surface area contributed by atoms with Gasteiger partial charge in [-0.2, -0.15) is 0 Å².